The van der Waals surface area contributed by atoms with Crippen LogP contribution >= 0.6 is 9.03 Å². The number of aliphatic hydroxyl groups is 2. The molecule has 0 amide bonds. The minimum atomic E-state index is -0.879. The highest BCUT2D eigenvalue weighted by Crippen LogP contribution is 2.26. The predicted octanol–water partition coefficient (Wildman–Crippen LogP) is 6.55. The molecule has 7 heteroatoms. The second kappa shape index (κ2) is 18.4. The van der Waals surface area contributed by atoms with Gasteiger partial charge in [-0.1, -0.05) is 82.3 Å². The van der Waals surface area contributed by atoms with Crippen LogP contribution in [0.15, 0.2) is 91.0 Å². The number of aromatic carboxylic acids is 1. The van der Waals surface area contributed by atoms with Gasteiger partial charge in [-0.3, -0.25) is 0 Å². The molecule has 3 N–H and O–H groups in total. The molecular weight excluding hydrogens is 475 g/mol. The van der Waals surface area contributed by atoms with Gasteiger partial charge in [-0.15, -0.1) is 0 Å². The molecule has 2 atom stereocenters. The van der Waals surface area contributed by atoms with E-state index in [0.29, 0.717) is 17.4 Å². The van der Waals surface area contributed by atoms with E-state index in [0.717, 1.165) is 11.5 Å². The van der Waals surface area contributed by atoms with Crippen molar-refractivity contribution < 1.29 is 29.2 Å². The van der Waals surface area contributed by atoms with Gasteiger partial charge in [-0.25, -0.2) is 4.79 Å². The maximum absolute atomic E-state index is 10.2. The highest BCUT2D eigenvalue weighted by molar-refractivity contribution is 7.27. The van der Waals surface area contributed by atoms with Crippen molar-refractivity contribution in [2.75, 3.05) is 13.2 Å². The first-order valence-corrected chi connectivity index (χ1v) is 12.8. The van der Waals surface area contributed by atoms with Crippen LogP contribution in [0.2, 0.25) is 0 Å². The quantitative estimate of drug-likeness (QED) is 0.266. The first-order chi connectivity index (χ1) is 17.3. The van der Waals surface area contributed by atoms with Crippen LogP contribution < -0.4 is 9.05 Å². The topological polar surface area (TPSA) is 96.2 Å². The Balaban J connectivity index is 0.000000280. The maximum Gasteiger partial charge on any atom is 0.335 e. The minimum Gasteiger partial charge on any atom is -0.478 e. The van der Waals surface area contributed by atoms with E-state index in [1.807, 2.05) is 60.7 Å². The van der Waals surface area contributed by atoms with E-state index in [4.69, 9.17) is 24.4 Å². The number of aliphatic hydroxyl groups excluding tert-OH is 2. The summed E-state index contributed by atoms with van der Waals surface area (Å²) >= 11 is 0. The van der Waals surface area contributed by atoms with Crippen LogP contribution in [-0.4, -0.2) is 34.5 Å². The lowest BCUT2D eigenvalue weighted by atomic mass is 9.78. The summed E-state index contributed by atoms with van der Waals surface area (Å²) in [4.78, 5) is 10.2. The van der Waals surface area contributed by atoms with Gasteiger partial charge in [-0.2, -0.15) is 0 Å². The Labute approximate surface area is 216 Å². The maximum atomic E-state index is 10.2. The van der Waals surface area contributed by atoms with E-state index < -0.39 is 5.97 Å². The summed E-state index contributed by atoms with van der Waals surface area (Å²) < 4.78 is 10.8. The number of para-hydroxylation sites is 2. The van der Waals surface area contributed by atoms with Crippen LogP contribution in [0.3, 0.4) is 0 Å². The number of benzene rings is 3. The molecule has 3 aromatic rings. The van der Waals surface area contributed by atoms with E-state index in [9.17, 15) is 4.79 Å². The second-order valence-electron chi connectivity index (χ2n) is 8.77. The Morgan fingerprint density at radius 1 is 0.667 bits per heavy atom. The first kappa shape index (κ1) is 31.1. The van der Waals surface area contributed by atoms with Gasteiger partial charge in [0, 0.05) is 13.2 Å². The fourth-order valence-electron chi connectivity index (χ4n) is 3.36. The summed E-state index contributed by atoms with van der Waals surface area (Å²) in [5.41, 5.74) is 0.331. The van der Waals surface area contributed by atoms with Gasteiger partial charge >= 0.3 is 5.97 Å². The normalized spacial score (nSPS) is 11.9. The lowest BCUT2D eigenvalue weighted by molar-refractivity contribution is 0.0633. The fourth-order valence-corrected chi connectivity index (χ4v) is 3.86. The zero-order valence-electron chi connectivity index (χ0n) is 21.5. The zero-order valence-corrected chi connectivity index (χ0v) is 22.5. The van der Waals surface area contributed by atoms with Gasteiger partial charge in [0.15, 0.2) is 0 Å². The number of carboxylic acids is 1. The number of carbonyl (C=O) groups is 1. The molecule has 0 spiro atoms. The average molecular weight is 515 g/mol. The standard InChI is InChI=1S/C12H11O2P.C10H22O2.C7H6O2/c1-3-7-11(8-4-1)13-15-14-12-9-5-2-6-10-12;1-7(2)9(5-11)10(6-12)8(3)4;8-7(9)6-4-2-1-3-5-6/h1-10,15H;7-12H,5-6H2,1-4H3;1-5H,(H,8,9). The van der Waals surface area contributed by atoms with Crippen molar-refractivity contribution in [1.82, 2.24) is 0 Å². The van der Waals surface area contributed by atoms with Crippen LogP contribution in [0.5, 0.6) is 11.5 Å². The lowest BCUT2D eigenvalue weighted by Gasteiger charge is -2.30. The van der Waals surface area contributed by atoms with E-state index in [2.05, 4.69) is 27.7 Å². The molecule has 0 aliphatic heterocycles. The van der Waals surface area contributed by atoms with Gasteiger partial charge < -0.3 is 24.4 Å². The fraction of sp³-hybridized carbons (Fsp3) is 0.345. The monoisotopic (exact) mass is 514 g/mol. The molecule has 196 valence electrons. The van der Waals surface area contributed by atoms with Crippen molar-refractivity contribution in [3.8, 4) is 11.5 Å². The molecule has 0 fully saturated rings. The van der Waals surface area contributed by atoms with Gasteiger partial charge in [0.2, 0.25) is 0 Å². The minimum absolute atomic E-state index is 0.0129. The van der Waals surface area contributed by atoms with Crippen molar-refractivity contribution in [1.29, 1.82) is 0 Å². The largest absolute Gasteiger partial charge is 0.478 e. The number of rotatable bonds is 10. The Hall–Kier alpha value is -2.92. The average Bonchev–Trinajstić information content (AvgIpc) is 2.89. The lowest BCUT2D eigenvalue weighted by Crippen LogP contribution is -2.30. The molecule has 0 saturated carbocycles. The summed E-state index contributed by atoms with van der Waals surface area (Å²) in [5.74, 6) is 2.11. The zero-order chi connectivity index (χ0) is 26.8. The van der Waals surface area contributed by atoms with E-state index in [1.165, 1.54) is 0 Å². The number of hydrogen-bond donors (Lipinski definition) is 3. The molecule has 36 heavy (non-hydrogen) atoms. The van der Waals surface area contributed by atoms with E-state index >= 15 is 0 Å². The van der Waals surface area contributed by atoms with Crippen molar-refractivity contribution >= 4 is 15.0 Å². The highest BCUT2D eigenvalue weighted by atomic mass is 31.1. The second-order valence-corrected chi connectivity index (χ2v) is 9.34. The molecule has 6 nitrogen and oxygen atoms in total. The molecule has 0 aromatic heterocycles. The number of hydrogen-bond acceptors (Lipinski definition) is 5. The van der Waals surface area contributed by atoms with Gasteiger partial charge in [-0.05, 0) is 60.1 Å². The molecule has 2 unspecified atom stereocenters. The summed E-state index contributed by atoms with van der Waals surface area (Å²) in [6.45, 7) is 8.72. The molecule has 3 aromatic carbocycles. The third kappa shape index (κ3) is 12.7. The van der Waals surface area contributed by atoms with Crippen LogP contribution in [0.1, 0.15) is 38.1 Å². The van der Waals surface area contributed by atoms with Crippen LogP contribution in [0.4, 0.5) is 0 Å². The summed E-state index contributed by atoms with van der Waals surface area (Å²) in [6.07, 6.45) is 0. The smallest absolute Gasteiger partial charge is 0.335 e. The molecule has 0 radical (unpaired) electrons. The van der Waals surface area contributed by atoms with Crippen LogP contribution in [0, 0.1) is 23.7 Å². The third-order valence-corrected chi connectivity index (χ3v) is 6.15. The Morgan fingerprint density at radius 2 is 1.00 bits per heavy atom. The highest BCUT2D eigenvalue weighted by Gasteiger charge is 2.25. The van der Waals surface area contributed by atoms with Crippen LogP contribution in [-0.2, 0) is 0 Å². The molecule has 0 bridgehead atoms. The molecular formula is C29H39O6P. The Kier molecular flexibility index (Phi) is 15.9. The van der Waals surface area contributed by atoms with Gasteiger partial charge in [0.1, 0.15) is 11.5 Å². The predicted molar refractivity (Wildman–Crippen MR) is 147 cm³/mol. The van der Waals surface area contributed by atoms with E-state index in [1.54, 1.807) is 30.3 Å². The van der Waals surface area contributed by atoms with Gasteiger partial charge in [0.05, 0.1) is 5.56 Å². The third-order valence-electron chi connectivity index (χ3n) is 5.51. The molecule has 0 aliphatic rings. The Bertz CT molecular complexity index is 882. The van der Waals surface area contributed by atoms with E-state index in [-0.39, 0.29) is 34.1 Å². The SMILES string of the molecule is CC(C)C(CO)C(CO)C(C)C.O=C(O)c1ccccc1.c1ccc(OPOc2ccccc2)cc1. The van der Waals surface area contributed by atoms with Gasteiger partial charge in [0.25, 0.3) is 9.03 Å². The van der Waals surface area contributed by atoms with Crippen molar-refractivity contribution in [3.05, 3.63) is 96.6 Å². The summed E-state index contributed by atoms with van der Waals surface area (Å²) in [5, 5.41) is 26.7. The molecule has 0 heterocycles. The van der Waals surface area contributed by atoms with Crippen molar-refractivity contribution in [2.45, 2.75) is 27.7 Å². The molecule has 0 saturated heterocycles. The molecule has 0 aliphatic carbocycles. The van der Waals surface area contributed by atoms with Crippen LogP contribution in [0.25, 0.3) is 0 Å². The first-order valence-electron chi connectivity index (χ1n) is 12.0. The summed E-state index contributed by atoms with van der Waals surface area (Å²) in [7, 11) is -0.0129. The summed E-state index contributed by atoms with van der Waals surface area (Å²) in [6, 6.07) is 27.5. The van der Waals surface area contributed by atoms with Crippen molar-refractivity contribution in [2.24, 2.45) is 23.7 Å². The molecule has 3 rings (SSSR count). The number of carboxylic acid groups (broad SMARTS) is 1. The van der Waals surface area contributed by atoms with Crippen molar-refractivity contribution in [3.63, 3.8) is 0 Å². The Morgan fingerprint density at radius 3 is 1.25 bits per heavy atom.